The van der Waals surface area contributed by atoms with Gasteiger partial charge in [-0.05, 0) is 68.7 Å². The summed E-state index contributed by atoms with van der Waals surface area (Å²) in [5.41, 5.74) is 3.11. The van der Waals surface area contributed by atoms with Crippen molar-refractivity contribution in [3.8, 4) is 11.8 Å². The van der Waals surface area contributed by atoms with Crippen LogP contribution in [0.25, 0.3) is 0 Å². The van der Waals surface area contributed by atoms with E-state index in [0.717, 1.165) is 12.1 Å². The lowest BCUT2D eigenvalue weighted by atomic mass is 9.93. The third kappa shape index (κ3) is 7.07. The molecular formula is C25H28N4O5. The van der Waals surface area contributed by atoms with Crippen LogP contribution >= 0.6 is 0 Å². The van der Waals surface area contributed by atoms with Gasteiger partial charge in [0.15, 0.2) is 0 Å². The minimum atomic E-state index is -1.39. The second-order valence-corrected chi connectivity index (χ2v) is 8.71. The number of carbonyl (C=O) groups excluding carboxylic acids is 2. The Bertz CT molecular complexity index is 1100. The van der Waals surface area contributed by atoms with E-state index in [1.807, 2.05) is 24.3 Å². The highest BCUT2D eigenvalue weighted by Gasteiger charge is 2.38. The van der Waals surface area contributed by atoms with Crippen LogP contribution in [0.15, 0.2) is 48.5 Å². The van der Waals surface area contributed by atoms with E-state index in [1.165, 1.54) is 37.7 Å². The number of hydroxylamine groups is 1. The Hall–Kier alpha value is -3.87. The topological polar surface area (TPSA) is 140 Å². The average molecular weight is 465 g/mol. The molecule has 1 atom stereocenters. The van der Waals surface area contributed by atoms with Crippen molar-refractivity contribution in [1.82, 2.24) is 21.4 Å². The lowest BCUT2D eigenvalue weighted by Crippen LogP contribution is -2.64. The fourth-order valence-corrected chi connectivity index (χ4v) is 3.31. The Morgan fingerprint density at radius 1 is 1.00 bits per heavy atom. The molecular weight excluding hydrogens is 436 g/mol. The van der Waals surface area contributed by atoms with Crippen LogP contribution in [0.4, 0.5) is 4.79 Å². The molecule has 178 valence electrons. The molecule has 1 fully saturated rings. The number of benzene rings is 2. The van der Waals surface area contributed by atoms with E-state index in [2.05, 4.69) is 27.8 Å². The first-order chi connectivity index (χ1) is 16.2. The van der Waals surface area contributed by atoms with Crippen LogP contribution in [0.5, 0.6) is 0 Å². The van der Waals surface area contributed by atoms with E-state index in [4.69, 9.17) is 10.3 Å². The van der Waals surface area contributed by atoms with E-state index >= 15 is 0 Å². The van der Waals surface area contributed by atoms with Gasteiger partial charge in [0.2, 0.25) is 0 Å². The van der Waals surface area contributed by atoms with E-state index in [-0.39, 0.29) is 5.56 Å². The van der Waals surface area contributed by atoms with Crippen molar-refractivity contribution in [3.63, 3.8) is 0 Å². The van der Waals surface area contributed by atoms with Crippen molar-refractivity contribution in [2.24, 2.45) is 0 Å². The van der Waals surface area contributed by atoms with Crippen LogP contribution in [0.1, 0.15) is 53.7 Å². The molecule has 1 aliphatic rings. The summed E-state index contributed by atoms with van der Waals surface area (Å²) in [5.74, 6) is 4.58. The molecule has 0 heterocycles. The second-order valence-electron chi connectivity index (χ2n) is 8.71. The van der Waals surface area contributed by atoms with Crippen molar-refractivity contribution in [3.05, 3.63) is 70.8 Å². The number of nitrogens with one attached hydrogen (secondary N) is 4. The van der Waals surface area contributed by atoms with Crippen LogP contribution in [0, 0.1) is 11.8 Å². The highest BCUT2D eigenvalue weighted by molar-refractivity contribution is 5.98. The third-order valence-electron chi connectivity index (χ3n) is 5.42. The summed E-state index contributed by atoms with van der Waals surface area (Å²) in [7, 11) is 0. The lowest BCUT2D eigenvalue weighted by Gasteiger charge is -2.33. The maximum Gasteiger partial charge on any atom is 0.405 e. The van der Waals surface area contributed by atoms with E-state index in [0.29, 0.717) is 11.6 Å². The monoisotopic (exact) mass is 464 g/mol. The van der Waals surface area contributed by atoms with E-state index in [9.17, 15) is 14.4 Å². The molecule has 0 aromatic heterocycles. The normalized spacial score (nSPS) is 13.7. The molecule has 0 radical (unpaired) electrons. The molecule has 1 unspecified atom stereocenters. The Labute approximate surface area is 197 Å². The first-order valence-electron chi connectivity index (χ1n) is 10.9. The van der Waals surface area contributed by atoms with Crippen molar-refractivity contribution in [1.29, 1.82) is 0 Å². The fourth-order valence-electron chi connectivity index (χ4n) is 3.31. The van der Waals surface area contributed by atoms with Gasteiger partial charge >= 0.3 is 6.09 Å². The Morgan fingerprint density at radius 2 is 1.56 bits per heavy atom. The summed E-state index contributed by atoms with van der Waals surface area (Å²) in [5, 5.41) is 26.1. The number of hydrogen-bond donors (Lipinski definition) is 6. The number of carboxylic acid groups (broad SMARTS) is 1. The van der Waals surface area contributed by atoms with Crippen molar-refractivity contribution in [2.45, 2.75) is 50.9 Å². The first kappa shape index (κ1) is 24.8. The highest BCUT2D eigenvalue weighted by Crippen LogP contribution is 2.19. The predicted octanol–water partition coefficient (Wildman–Crippen LogP) is 1.99. The smallest absolute Gasteiger partial charge is 0.405 e. The van der Waals surface area contributed by atoms with Crippen molar-refractivity contribution in [2.75, 3.05) is 0 Å². The zero-order chi connectivity index (χ0) is 24.7. The Balaban J connectivity index is 1.63. The van der Waals surface area contributed by atoms with Gasteiger partial charge in [-0.2, -0.15) is 0 Å². The maximum atomic E-state index is 12.6. The van der Waals surface area contributed by atoms with Gasteiger partial charge in [0.1, 0.15) is 6.04 Å². The molecule has 9 nitrogen and oxygen atoms in total. The zero-order valence-corrected chi connectivity index (χ0v) is 19.0. The van der Waals surface area contributed by atoms with Gasteiger partial charge in [-0.3, -0.25) is 14.8 Å². The lowest BCUT2D eigenvalue weighted by molar-refractivity contribution is -0.132. The summed E-state index contributed by atoms with van der Waals surface area (Å²) in [6.45, 7) is 3.68. The number of hydrogen-bond acceptors (Lipinski definition) is 5. The van der Waals surface area contributed by atoms with Crippen LogP contribution in [0.2, 0.25) is 0 Å². The molecule has 6 N–H and O–H groups in total. The molecule has 0 spiro atoms. The zero-order valence-electron chi connectivity index (χ0n) is 19.0. The number of carbonyl (C=O) groups is 3. The minimum Gasteiger partial charge on any atom is -0.465 e. The van der Waals surface area contributed by atoms with Crippen LogP contribution < -0.4 is 21.4 Å². The largest absolute Gasteiger partial charge is 0.465 e. The summed E-state index contributed by atoms with van der Waals surface area (Å²) in [6, 6.07) is 13.8. The SMILES string of the molecule is CC(C)(NC(=O)O)C(NC(=O)c1ccc(C#Cc2ccc(CNC3CC3)cc2)cc1)C(=O)NO. The number of amides is 3. The van der Waals surface area contributed by atoms with Gasteiger partial charge in [0, 0.05) is 29.3 Å². The first-order valence-corrected chi connectivity index (χ1v) is 10.9. The van der Waals surface area contributed by atoms with Gasteiger partial charge in [-0.25, -0.2) is 10.3 Å². The summed E-state index contributed by atoms with van der Waals surface area (Å²) >= 11 is 0. The molecule has 34 heavy (non-hydrogen) atoms. The van der Waals surface area contributed by atoms with Crippen LogP contribution in [-0.2, 0) is 11.3 Å². The number of rotatable bonds is 8. The summed E-state index contributed by atoms with van der Waals surface area (Å²) in [4.78, 5) is 35.7. The summed E-state index contributed by atoms with van der Waals surface area (Å²) in [6.07, 6.45) is 1.13. The quantitative estimate of drug-likeness (QED) is 0.201. The average Bonchev–Trinajstić information content (AvgIpc) is 3.64. The van der Waals surface area contributed by atoms with Crippen molar-refractivity contribution >= 4 is 17.9 Å². The molecule has 3 rings (SSSR count). The van der Waals surface area contributed by atoms with E-state index < -0.39 is 29.5 Å². The molecule has 1 saturated carbocycles. The highest BCUT2D eigenvalue weighted by atomic mass is 16.5. The van der Waals surface area contributed by atoms with E-state index in [1.54, 1.807) is 24.3 Å². The molecule has 0 saturated heterocycles. The predicted molar refractivity (Wildman–Crippen MR) is 125 cm³/mol. The van der Waals surface area contributed by atoms with Crippen LogP contribution in [0.3, 0.4) is 0 Å². The van der Waals surface area contributed by atoms with Gasteiger partial charge in [0.05, 0.1) is 5.54 Å². The molecule has 0 aliphatic heterocycles. The molecule has 9 heteroatoms. The maximum absolute atomic E-state index is 12.6. The minimum absolute atomic E-state index is 0.250. The van der Waals surface area contributed by atoms with Gasteiger partial charge < -0.3 is 21.1 Å². The third-order valence-corrected chi connectivity index (χ3v) is 5.42. The standard InChI is InChI=1S/C25H28N4O5/c1-25(2,28-24(32)33)21(23(31)29-34)27-22(30)19-11-9-17(10-12-19)4-3-16-5-7-18(8-6-16)15-26-20-13-14-20/h5-12,20-21,26,28,34H,13-15H2,1-2H3,(H,27,30)(H,29,31)(H,32,33). The van der Waals surface area contributed by atoms with Gasteiger partial charge in [0.25, 0.3) is 11.8 Å². The van der Waals surface area contributed by atoms with Gasteiger partial charge in [-0.15, -0.1) is 0 Å². The fraction of sp³-hybridized carbons (Fsp3) is 0.320. The Morgan fingerprint density at radius 3 is 2.06 bits per heavy atom. The molecule has 1 aliphatic carbocycles. The van der Waals surface area contributed by atoms with Crippen molar-refractivity contribution < 1.29 is 24.7 Å². The second kappa shape index (κ2) is 10.8. The Kier molecular flexibility index (Phi) is 7.89. The summed E-state index contributed by atoms with van der Waals surface area (Å²) < 4.78 is 0. The molecule has 2 aromatic rings. The molecule has 3 amide bonds. The van der Waals surface area contributed by atoms with Crippen LogP contribution in [-0.4, -0.2) is 45.8 Å². The molecule has 2 aromatic carbocycles. The molecule has 0 bridgehead atoms. The van der Waals surface area contributed by atoms with Gasteiger partial charge in [-0.1, -0.05) is 24.0 Å².